The summed E-state index contributed by atoms with van der Waals surface area (Å²) in [6.07, 6.45) is 3.29. The minimum atomic E-state index is -0.316. The molecule has 34 heavy (non-hydrogen) atoms. The van der Waals surface area contributed by atoms with Crippen LogP contribution in [0, 0.1) is 0 Å². The van der Waals surface area contributed by atoms with Crippen LogP contribution in [0.4, 0.5) is 0 Å². The number of carbonyl (C=O) groups is 1. The van der Waals surface area contributed by atoms with Gasteiger partial charge in [-0.2, -0.15) is 5.10 Å². The summed E-state index contributed by atoms with van der Waals surface area (Å²) in [4.78, 5) is 12.5. The van der Waals surface area contributed by atoms with Crippen LogP contribution in [0.1, 0.15) is 21.5 Å². The van der Waals surface area contributed by atoms with Crippen LogP contribution >= 0.6 is 15.9 Å². The molecule has 4 rings (SSSR count). The Morgan fingerprint density at radius 3 is 2.59 bits per heavy atom. The van der Waals surface area contributed by atoms with Crippen LogP contribution in [0.2, 0.25) is 0 Å². The summed E-state index contributed by atoms with van der Waals surface area (Å²) in [6, 6.07) is 26.7. The van der Waals surface area contributed by atoms with E-state index in [4.69, 9.17) is 9.47 Å². The van der Waals surface area contributed by atoms with Crippen molar-refractivity contribution in [3.63, 3.8) is 0 Å². The van der Waals surface area contributed by atoms with Crippen molar-refractivity contribution < 1.29 is 14.3 Å². The molecule has 1 amide bonds. The van der Waals surface area contributed by atoms with Gasteiger partial charge < -0.3 is 9.47 Å². The van der Waals surface area contributed by atoms with Crippen LogP contribution in [0.5, 0.6) is 11.5 Å². The Kier molecular flexibility index (Phi) is 7.73. The molecule has 0 saturated heterocycles. The number of nitrogens with zero attached hydrogens (tertiary/aromatic N) is 1. The molecule has 0 unspecified atom stereocenters. The number of amides is 1. The van der Waals surface area contributed by atoms with E-state index in [0.717, 1.165) is 26.4 Å². The maximum Gasteiger partial charge on any atom is 0.271 e. The number of nitrogens with one attached hydrogen (secondary N) is 1. The number of ether oxygens (including phenoxy) is 2. The van der Waals surface area contributed by atoms with Crippen molar-refractivity contribution in [2.45, 2.75) is 6.61 Å². The average molecular weight is 515 g/mol. The Morgan fingerprint density at radius 1 is 0.971 bits per heavy atom. The lowest BCUT2D eigenvalue weighted by Gasteiger charge is -2.12. The zero-order chi connectivity index (χ0) is 23.8. The van der Waals surface area contributed by atoms with E-state index in [1.165, 1.54) is 0 Å². The second kappa shape index (κ2) is 11.3. The van der Waals surface area contributed by atoms with Crippen molar-refractivity contribution in [1.29, 1.82) is 0 Å². The number of hydrogen-bond acceptors (Lipinski definition) is 4. The van der Waals surface area contributed by atoms with E-state index in [9.17, 15) is 4.79 Å². The Labute approximate surface area is 206 Å². The van der Waals surface area contributed by atoms with Gasteiger partial charge in [0.1, 0.15) is 24.7 Å². The summed E-state index contributed by atoms with van der Waals surface area (Å²) >= 11 is 3.49. The van der Waals surface area contributed by atoms with E-state index < -0.39 is 0 Å². The molecule has 0 aromatic heterocycles. The Balaban J connectivity index is 1.52. The van der Waals surface area contributed by atoms with Crippen LogP contribution in [0.3, 0.4) is 0 Å². The lowest BCUT2D eigenvalue weighted by molar-refractivity contribution is 0.0955. The molecule has 0 saturated carbocycles. The highest BCUT2D eigenvalue weighted by atomic mass is 79.9. The van der Waals surface area contributed by atoms with Crippen molar-refractivity contribution in [3.8, 4) is 11.5 Å². The largest absolute Gasteiger partial charge is 0.490 e. The van der Waals surface area contributed by atoms with Gasteiger partial charge in [0.05, 0.1) is 6.21 Å². The molecule has 0 bridgehead atoms. The van der Waals surface area contributed by atoms with Gasteiger partial charge in [-0.1, -0.05) is 71.0 Å². The SMILES string of the molecule is C=CCOc1ccc(C(=O)N/N=C/c2c(OCc3cccc(Br)c3)ccc3ccccc23)cc1. The van der Waals surface area contributed by atoms with Crippen molar-refractivity contribution in [1.82, 2.24) is 5.43 Å². The quantitative estimate of drug-likeness (QED) is 0.157. The van der Waals surface area contributed by atoms with Gasteiger partial charge in [0, 0.05) is 15.6 Å². The molecule has 1 N–H and O–H groups in total. The standard InChI is InChI=1S/C28H23BrN2O3/c1-2-16-33-24-13-10-22(11-14-24)28(32)31-30-18-26-25-9-4-3-7-21(25)12-15-27(26)34-19-20-6-5-8-23(29)17-20/h2-15,17-18H,1,16,19H2,(H,31,32)/b30-18+. The van der Waals surface area contributed by atoms with Gasteiger partial charge in [-0.05, 0) is 58.8 Å². The van der Waals surface area contributed by atoms with E-state index in [2.05, 4.69) is 33.0 Å². The molecule has 0 aliphatic heterocycles. The van der Waals surface area contributed by atoms with Crippen LogP contribution in [-0.2, 0) is 6.61 Å². The summed E-state index contributed by atoms with van der Waals surface area (Å²) in [5, 5.41) is 6.25. The Hall–Kier alpha value is -3.90. The second-order valence-corrected chi connectivity index (χ2v) is 8.36. The Bertz CT molecular complexity index is 1330. The maximum absolute atomic E-state index is 12.5. The highest BCUT2D eigenvalue weighted by Crippen LogP contribution is 2.27. The maximum atomic E-state index is 12.5. The van der Waals surface area contributed by atoms with Gasteiger partial charge >= 0.3 is 0 Å². The van der Waals surface area contributed by atoms with Crippen LogP contribution in [0.25, 0.3) is 10.8 Å². The van der Waals surface area contributed by atoms with Crippen molar-refractivity contribution >= 4 is 38.8 Å². The third-order valence-electron chi connectivity index (χ3n) is 5.06. The van der Waals surface area contributed by atoms with Crippen molar-refractivity contribution in [3.05, 3.63) is 119 Å². The molecule has 4 aromatic carbocycles. The zero-order valence-corrected chi connectivity index (χ0v) is 20.0. The van der Waals surface area contributed by atoms with E-state index >= 15 is 0 Å². The zero-order valence-electron chi connectivity index (χ0n) is 18.4. The molecule has 0 heterocycles. The number of hydrazone groups is 1. The minimum absolute atomic E-state index is 0.316. The fraction of sp³-hybridized carbons (Fsp3) is 0.0714. The van der Waals surface area contributed by atoms with Gasteiger partial charge in [0.25, 0.3) is 5.91 Å². The topological polar surface area (TPSA) is 59.9 Å². The smallest absolute Gasteiger partial charge is 0.271 e. The molecule has 0 aliphatic rings. The Morgan fingerprint density at radius 2 is 1.79 bits per heavy atom. The molecule has 0 fully saturated rings. The van der Waals surface area contributed by atoms with Gasteiger partial charge in [0.2, 0.25) is 0 Å². The summed E-state index contributed by atoms with van der Waals surface area (Å²) in [5.74, 6) is 1.03. The van der Waals surface area contributed by atoms with Crippen LogP contribution < -0.4 is 14.9 Å². The number of benzene rings is 4. The number of fused-ring (bicyclic) bond motifs is 1. The number of rotatable bonds is 9. The molecular weight excluding hydrogens is 492 g/mol. The monoisotopic (exact) mass is 514 g/mol. The summed E-state index contributed by atoms with van der Waals surface area (Å²) in [7, 11) is 0. The summed E-state index contributed by atoms with van der Waals surface area (Å²) < 4.78 is 12.6. The van der Waals surface area contributed by atoms with Crippen LogP contribution in [-0.4, -0.2) is 18.7 Å². The first-order chi connectivity index (χ1) is 16.6. The molecule has 5 nitrogen and oxygen atoms in total. The van der Waals surface area contributed by atoms with Gasteiger partial charge in [-0.3, -0.25) is 4.79 Å². The first kappa shape index (κ1) is 23.3. The van der Waals surface area contributed by atoms with Gasteiger partial charge in [0.15, 0.2) is 0 Å². The summed E-state index contributed by atoms with van der Waals surface area (Å²) in [5.41, 5.74) is 4.91. The second-order valence-electron chi connectivity index (χ2n) is 7.44. The number of carbonyl (C=O) groups excluding carboxylic acids is 1. The lowest BCUT2D eigenvalue weighted by Crippen LogP contribution is -2.17. The molecule has 4 aromatic rings. The van der Waals surface area contributed by atoms with Gasteiger partial charge in [-0.25, -0.2) is 5.43 Å². The molecule has 0 atom stereocenters. The molecule has 0 aliphatic carbocycles. The average Bonchev–Trinajstić information content (AvgIpc) is 2.87. The lowest BCUT2D eigenvalue weighted by atomic mass is 10.0. The highest BCUT2D eigenvalue weighted by Gasteiger charge is 2.09. The van der Waals surface area contributed by atoms with E-state index in [0.29, 0.717) is 30.3 Å². The molecule has 0 spiro atoms. The first-order valence-corrected chi connectivity index (χ1v) is 11.5. The highest BCUT2D eigenvalue weighted by molar-refractivity contribution is 9.10. The van der Waals surface area contributed by atoms with E-state index in [-0.39, 0.29) is 5.91 Å². The van der Waals surface area contributed by atoms with Crippen molar-refractivity contribution in [2.24, 2.45) is 5.10 Å². The fourth-order valence-corrected chi connectivity index (χ4v) is 3.85. The predicted molar refractivity (Wildman–Crippen MR) is 140 cm³/mol. The normalized spacial score (nSPS) is 10.9. The first-order valence-electron chi connectivity index (χ1n) is 10.7. The third-order valence-corrected chi connectivity index (χ3v) is 5.55. The van der Waals surface area contributed by atoms with E-state index in [1.54, 1.807) is 36.6 Å². The molecular formula is C28H23BrN2O3. The summed E-state index contributed by atoms with van der Waals surface area (Å²) in [6.45, 7) is 4.44. The predicted octanol–water partition coefficient (Wildman–Crippen LogP) is 6.51. The molecule has 170 valence electrons. The third kappa shape index (κ3) is 5.91. The van der Waals surface area contributed by atoms with Crippen LogP contribution in [0.15, 0.2) is 107 Å². The van der Waals surface area contributed by atoms with Gasteiger partial charge in [-0.15, -0.1) is 0 Å². The molecule has 0 radical (unpaired) electrons. The minimum Gasteiger partial charge on any atom is -0.490 e. The molecule has 6 heteroatoms. The number of halogens is 1. The number of hydrogen-bond donors (Lipinski definition) is 1. The van der Waals surface area contributed by atoms with Crippen molar-refractivity contribution in [2.75, 3.05) is 6.61 Å². The van der Waals surface area contributed by atoms with E-state index in [1.807, 2.05) is 60.7 Å². The fourth-order valence-electron chi connectivity index (χ4n) is 3.40.